The molecule has 1 amide bonds. The van der Waals surface area contributed by atoms with Gasteiger partial charge in [-0.1, -0.05) is 19.1 Å². The van der Waals surface area contributed by atoms with Gasteiger partial charge in [-0.05, 0) is 30.2 Å². The highest BCUT2D eigenvalue weighted by molar-refractivity contribution is 6.02. The maximum atomic E-state index is 12.4. The number of carbonyl (C=O) groups excluding carboxylic acids is 1. The van der Waals surface area contributed by atoms with E-state index >= 15 is 0 Å². The Morgan fingerprint density at radius 2 is 1.96 bits per heavy atom. The summed E-state index contributed by atoms with van der Waals surface area (Å²) in [6.07, 6.45) is 2.59. The molecule has 1 N–H and O–H groups in total. The van der Waals surface area contributed by atoms with Crippen LogP contribution in [0.3, 0.4) is 0 Å². The molecule has 120 valence electrons. The lowest BCUT2D eigenvalue weighted by atomic mass is 10.1. The first-order chi connectivity index (χ1) is 11.3. The van der Waals surface area contributed by atoms with Crippen molar-refractivity contribution in [1.82, 2.24) is 9.97 Å². The molecule has 0 saturated carbocycles. The average molecular weight is 312 g/mol. The Balaban J connectivity index is 1.71. The van der Waals surface area contributed by atoms with Crippen LogP contribution < -0.4 is 10.2 Å². The van der Waals surface area contributed by atoms with E-state index in [2.05, 4.69) is 22.2 Å². The summed E-state index contributed by atoms with van der Waals surface area (Å²) in [7, 11) is 0. The lowest BCUT2D eigenvalue weighted by Crippen LogP contribution is -2.37. The molecule has 3 rings (SSSR count). The molecule has 1 aromatic carbocycles. The number of hydrogen-bond acceptors (Lipinski definition) is 5. The number of ether oxygens (including phenoxy) is 1. The summed E-state index contributed by atoms with van der Waals surface area (Å²) < 4.78 is 5.32. The Morgan fingerprint density at radius 1 is 1.22 bits per heavy atom. The number of carbonyl (C=O) groups is 1. The van der Waals surface area contributed by atoms with Crippen LogP contribution in [-0.4, -0.2) is 42.2 Å². The predicted octanol–water partition coefficient (Wildman–Crippen LogP) is 2.13. The molecule has 1 aromatic heterocycles. The molecule has 0 aliphatic carbocycles. The number of morpholine rings is 1. The average Bonchev–Trinajstić information content (AvgIpc) is 2.63. The fraction of sp³-hybridized carbons (Fsp3) is 0.353. The molecule has 1 aliphatic rings. The zero-order valence-corrected chi connectivity index (χ0v) is 13.2. The quantitative estimate of drug-likeness (QED) is 0.937. The standard InChI is InChI=1S/C17H20N4O2/c1-2-13-3-5-14(6-4-13)19-16(22)15-7-8-18-17(20-15)21-9-11-23-12-10-21/h3-8H,2,9-12H2,1H3,(H,19,22). The van der Waals surface area contributed by atoms with Crippen LogP contribution in [-0.2, 0) is 11.2 Å². The van der Waals surface area contributed by atoms with Crippen molar-refractivity contribution in [2.45, 2.75) is 13.3 Å². The molecule has 0 spiro atoms. The minimum atomic E-state index is -0.230. The number of aryl methyl sites for hydroxylation is 1. The SMILES string of the molecule is CCc1ccc(NC(=O)c2ccnc(N3CCOCC3)n2)cc1. The minimum Gasteiger partial charge on any atom is -0.378 e. The van der Waals surface area contributed by atoms with Crippen molar-refractivity contribution in [3.05, 3.63) is 47.8 Å². The second kappa shape index (κ2) is 7.19. The fourth-order valence-electron chi connectivity index (χ4n) is 2.41. The van der Waals surface area contributed by atoms with E-state index in [1.165, 1.54) is 5.56 Å². The van der Waals surface area contributed by atoms with Gasteiger partial charge in [-0.25, -0.2) is 9.97 Å². The topological polar surface area (TPSA) is 67.4 Å². The van der Waals surface area contributed by atoms with Crippen LogP contribution in [0, 0.1) is 0 Å². The monoisotopic (exact) mass is 312 g/mol. The van der Waals surface area contributed by atoms with E-state index in [1.807, 2.05) is 29.2 Å². The number of nitrogens with zero attached hydrogens (tertiary/aromatic N) is 3. The Kier molecular flexibility index (Phi) is 4.83. The van der Waals surface area contributed by atoms with Gasteiger partial charge < -0.3 is 15.0 Å². The van der Waals surface area contributed by atoms with Crippen LogP contribution in [0.1, 0.15) is 23.0 Å². The second-order valence-electron chi connectivity index (χ2n) is 5.35. The highest BCUT2D eigenvalue weighted by Gasteiger charge is 2.16. The molecule has 6 nitrogen and oxygen atoms in total. The Labute approximate surface area is 135 Å². The molecule has 0 radical (unpaired) electrons. The zero-order valence-electron chi connectivity index (χ0n) is 13.2. The van der Waals surface area contributed by atoms with E-state index in [4.69, 9.17) is 4.74 Å². The number of amides is 1. The third-order valence-electron chi connectivity index (χ3n) is 3.79. The first-order valence-electron chi connectivity index (χ1n) is 7.82. The van der Waals surface area contributed by atoms with Gasteiger partial charge in [-0.15, -0.1) is 0 Å². The number of anilines is 2. The van der Waals surface area contributed by atoms with Gasteiger partial charge >= 0.3 is 0 Å². The van der Waals surface area contributed by atoms with E-state index in [1.54, 1.807) is 12.3 Å². The Morgan fingerprint density at radius 3 is 2.65 bits per heavy atom. The Hall–Kier alpha value is -2.47. The number of rotatable bonds is 4. The smallest absolute Gasteiger partial charge is 0.274 e. The molecule has 0 unspecified atom stereocenters. The summed E-state index contributed by atoms with van der Waals surface area (Å²) in [6.45, 7) is 4.89. The lowest BCUT2D eigenvalue weighted by molar-refractivity contribution is 0.102. The second-order valence-corrected chi connectivity index (χ2v) is 5.35. The summed E-state index contributed by atoms with van der Waals surface area (Å²) in [5.41, 5.74) is 2.36. The maximum Gasteiger partial charge on any atom is 0.274 e. The van der Waals surface area contributed by atoms with Gasteiger partial charge in [-0.2, -0.15) is 0 Å². The molecular weight excluding hydrogens is 292 g/mol. The fourth-order valence-corrected chi connectivity index (χ4v) is 2.41. The van der Waals surface area contributed by atoms with Crippen LogP contribution in [0.15, 0.2) is 36.5 Å². The highest BCUT2D eigenvalue weighted by Crippen LogP contribution is 2.13. The van der Waals surface area contributed by atoms with Gasteiger partial charge in [0.05, 0.1) is 13.2 Å². The Bertz CT molecular complexity index is 667. The van der Waals surface area contributed by atoms with Gasteiger partial charge in [0.15, 0.2) is 0 Å². The van der Waals surface area contributed by atoms with Crippen LogP contribution in [0.2, 0.25) is 0 Å². The van der Waals surface area contributed by atoms with Crippen molar-refractivity contribution < 1.29 is 9.53 Å². The van der Waals surface area contributed by atoms with E-state index < -0.39 is 0 Å². The van der Waals surface area contributed by atoms with Crippen molar-refractivity contribution in [3.63, 3.8) is 0 Å². The summed E-state index contributed by atoms with van der Waals surface area (Å²) >= 11 is 0. The summed E-state index contributed by atoms with van der Waals surface area (Å²) in [4.78, 5) is 23.0. The molecule has 23 heavy (non-hydrogen) atoms. The summed E-state index contributed by atoms with van der Waals surface area (Å²) in [5, 5.41) is 2.87. The van der Waals surface area contributed by atoms with Crippen LogP contribution >= 0.6 is 0 Å². The third kappa shape index (κ3) is 3.84. The normalized spacial score (nSPS) is 14.6. The predicted molar refractivity (Wildman–Crippen MR) is 88.8 cm³/mol. The van der Waals surface area contributed by atoms with Crippen LogP contribution in [0.25, 0.3) is 0 Å². The maximum absolute atomic E-state index is 12.4. The van der Waals surface area contributed by atoms with Crippen LogP contribution in [0.4, 0.5) is 11.6 Å². The molecule has 6 heteroatoms. The van der Waals surface area contributed by atoms with Crippen molar-refractivity contribution in [2.24, 2.45) is 0 Å². The first-order valence-corrected chi connectivity index (χ1v) is 7.82. The van der Waals surface area contributed by atoms with Crippen molar-refractivity contribution >= 4 is 17.5 Å². The molecule has 1 saturated heterocycles. The number of aromatic nitrogens is 2. The van der Waals surface area contributed by atoms with Crippen molar-refractivity contribution in [1.29, 1.82) is 0 Å². The van der Waals surface area contributed by atoms with E-state index in [9.17, 15) is 4.79 Å². The number of hydrogen-bond donors (Lipinski definition) is 1. The lowest BCUT2D eigenvalue weighted by Gasteiger charge is -2.26. The van der Waals surface area contributed by atoms with Gasteiger partial charge in [0.2, 0.25) is 5.95 Å². The first kappa shape index (κ1) is 15.4. The van der Waals surface area contributed by atoms with E-state index in [0.717, 1.165) is 25.2 Å². The largest absolute Gasteiger partial charge is 0.378 e. The number of benzene rings is 1. The zero-order chi connectivity index (χ0) is 16.1. The molecule has 0 bridgehead atoms. The highest BCUT2D eigenvalue weighted by atomic mass is 16.5. The van der Waals surface area contributed by atoms with Gasteiger partial charge in [0, 0.05) is 25.0 Å². The van der Waals surface area contributed by atoms with E-state index in [-0.39, 0.29) is 5.91 Å². The molecule has 2 heterocycles. The van der Waals surface area contributed by atoms with Gasteiger partial charge in [-0.3, -0.25) is 4.79 Å². The third-order valence-corrected chi connectivity index (χ3v) is 3.79. The molecule has 1 aliphatic heterocycles. The molecular formula is C17H20N4O2. The minimum absolute atomic E-state index is 0.230. The van der Waals surface area contributed by atoms with Crippen LogP contribution in [0.5, 0.6) is 0 Å². The number of nitrogens with one attached hydrogen (secondary N) is 1. The molecule has 0 atom stereocenters. The molecule has 2 aromatic rings. The van der Waals surface area contributed by atoms with Crippen molar-refractivity contribution in [2.75, 3.05) is 36.5 Å². The van der Waals surface area contributed by atoms with Crippen molar-refractivity contribution in [3.8, 4) is 0 Å². The summed E-state index contributed by atoms with van der Waals surface area (Å²) in [6, 6.07) is 9.45. The summed E-state index contributed by atoms with van der Waals surface area (Å²) in [5.74, 6) is 0.341. The molecule has 1 fully saturated rings. The van der Waals surface area contributed by atoms with E-state index in [0.29, 0.717) is 24.9 Å². The van der Waals surface area contributed by atoms with Gasteiger partial charge in [0.25, 0.3) is 5.91 Å². The van der Waals surface area contributed by atoms with Gasteiger partial charge in [0.1, 0.15) is 5.69 Å².